The average Bonchev–Trinajstić information content (AvgIpc) is 2.58. The molecule has 23 heavy (non-hydrogen) atoms. The molecule has 118 valence electrons. The third kappa shape index (κ3) is 5.43. The molecule has 2 aromatic rings. The molecule has 2 rings (SSSR count). The summed E-state index contributed by atoms with van der Waals surface area (Å²) in [6.45, 7) is 0.337. The summed E-state index contributed by atoms with van der Waals surface area (Å²) < 4.78 is 0. The van der Waals surface area contributed by atoms with Crippen LogP contribution in [0.25, 0.3) is 11.6 Å². The number of benzene rings is 2. The maximum Gasteiger partial charge on any atom is 0.303 e. The Balaban J connectivity index is 2.16. The molecular formula is C19H19NO3. The molecule has 4 heteroatoms. The van der Waals surface area contributed by atoms with Crippen LogP contribution in [0.2, 0.25) is 0 Å². The molecular weight excluding hydrogens is 290 g/mol. The Morgan fingerprint density at radius 2 is 1.57 bits per heavy atom. The van der Waals surface area contributed by atoms with Crippen LogP contribution in [-0.4, -0.2) is 23.5 Å². The van der Waals surface area contributed by atoms with Crippen LogP contribution in [0.4, 0.5) is 0 Å². The van der Waals surface area contributed by atoms with E-state index in [1.165, 1.54) is 0 Å². The minimum atomic E-state index is -0.859. The maximum atomic E-state index is 12.5. The summed E-state index contributed by atoms with van der Waals surface area (Å²) in [5.74, 6) is -1.06. The standard InChI is InChI=1S/C19H19NO3/c21-18(22)12-7-13-20-19(23)17(16-10-5-2-6-11-16)14-15-8-3-1-4-9-15/h1-6,8-11,14H,7,12-13H2,(H,20,23)(H,21,22). The first-order valence-corrected chi connectivity index (χ1v) is 7.49. The van der Waals surface area contributed by atoms with Crippen molar-refractivity contribution in [1.82, 2.24) is 5.32 Å². The van der Waals surface area contributed by atoms with Gasteiger partial charge in [-0.05, 0) is 23.6 Å². The largest absolute Gasteiger partial charge is 0.481 e. The van der Waals surface area contributed by atoms with Crippen molar-refractivity contribution < 1.29 is 14.7 Å². The summed E-state index contributed by atoms with van der Waals surface area (Å²) in [5.41, 5.74) is 2.33. The Kier molecular flexibility index (Phi) is 6.12. The molecule has 0 saturated carbocycles. The van der Waals surface area contributed by atoms with Gasteiger partial charge in [0.25, 0.3) is 5.91 Å². The first-order valence-electron chi connectivity index (χ1n) is 7.49. The lowest BCUT2D eigenvalue weighted by Crippen LogP contribution is -2.25. The quantitative estimate of drug-likeness (QED) is 0.469. The van der Waals surface area contributed by atoms with Crippen molar-refractivity contribution in [2.24, 2.45) is 0 Å². The Bertz CT molecular complexity index is 678. The molecule has 1 amide bonds. The highest BCUT2D eigenvalue weighted by Gasteiger charge is 2.11. The van der Waals surface area contributed by atoms with E-state index in [9.17, 15) is 9.59 Å². The first-order chi connectivity index (χ1) is 11.2. The van der Waals surface area contributed by atoms with E-state index in [2.05, 4.69) is 5.32 Å². The lowest BCUT2D eigenvalue weighted by Gasteiger charge is -2.09. The molecule has 0 aliphatic heterocycles. The minimum Gasteiger partial charge on any atom is -0.481 e. The van der Waals surface area contributed by atoms with Crippen LogP contribution < -0.4 is 5.32 Å². The summed E-state index contributed by atoms with van der Waals surface area (Å²) in [5, 5.41) is 11.4. The zero-order valence-electron chi connectivity index (χ0n) is 12.7. The lowest BCUT2D eigenvalue weighted by molar-refractivity contribution is -0.137. The average molecular weight is 309 g/mol. The van der Waals surface area contributed by atoms with E-state index in [1.807, 2.05) is 66.7 Å². The molecule has 0 spiro atoms. The second-order valence-corrected chi connectivity index (χ2v) is 5.09. The molecule has 0 aliphatic rings. The number of carbonyl (C=O) groups is 2. The third-order valence-electron chi connectivity index (χ3n) is 3.29. The molecule has 0 fully saturated rings. The second-order valence-electron chi connectivity index (χ2n) is 5.09. The monoisotopic (exact) mass is 309 g/mol. The van der Waals surface area contributed by atoms with Gasteiger partial charge in [0.15, 0.2) is 0 Å². The van der Waals surface area contributed by atoms with Gasteiger partial charge in [-0.2, -0.15) is 0 Å². The number of aliphatic carboxylic acids is 1. The van der Waals surface area contributed by atoms with Gasteiger partial charge in [-0.15, -0.1) is 0 Å². The van der Waals surface area contributed by atoms with Gasteiger partial charge >= 0.3 is 5.97 Å². The number of carboxylic acid groups (broad SMARTS) is 1. The maximum absolute atomic E-state index is 12.5. The summed E-state index contributed by atoms with van der Waals surface area (Å²) >= 11 is 0. The van der Waals surface area contributed by atoms with Crippen molar-refractivity contribution in [3.05, 3.63) is 71.8 Å². The van der Waals surface area contributed by atoms with E-state index in [-0.39, 0.29) is 12.3 Å². The minimum absolute atomic E-state index is 0.0450. The smallest absolute Gasteiger partial charge is 0.303 e. The Labute approximate surface area is 135 Å². The van der Waals surface area contributed by atoms with Crippen LogP contribution in [0, 0.1) is 0 Å². The number of nitrogens with one attached hydrogen (secondary N) is 1. The highest BCUT2D eigenvalue weighted by atomic mass is 16.4. The molecule has 0 radical (unpaired) electrons. The van der Waals surface area contributed by atoms with E-state index in [1.54, 1.807) is 0 Å². The van der Waals surface area contributed by atoms with E-state index >= 15 is 0 Å². The fraction of sp³-hybridized carbons (Fsp3) is 0.158. The molecule has 4 nitrogen and oxygen atoms in total. The van der Waals surface area contributed by atoms with E-state index in [0.29, 0.717) is 18.5 Å². The van der Waals surface area contributed by atoms with Crippen molar-refractivity contribution >= 4 is 23.5 Å². The molecule has 0 bridgehead atoms. The second kappa shape index (κ2) is 8.54. The zero-order chi connectivity index (χ0) is 16.5. The molecule has 2 N–H and O–H groups in total. The fourth-order valence-electron chi connectivity index (χ4n) is 2.15. The fourth-order valence-corrected chi connectivity index (χ4v) is 2.15. The molecule has 0 aliphatic carbocycles. The van der Waals surface area contributed by atoms with E-state index in [0.717, 1.165) is 11.1 Å². The molecule has 0 atom stereocenters. The van der Waals surface area contributed by atoms with Crippen LogP contribution in [-0.2, 0) is 9.59 Å². The van der Waals surface area contributed by atoms with Gasteiger partial charge < -0.3 is 10.4 Å². The van der Waals surface area contributed by atoms with Gasteiger partial charge in [-0.3, -0.25) is 9.59 Å². The highest BCUT2D eigenvalue weighted by molar-refractivity contribution is 6.24. The molecule has 2 aromatic carbocycles. The predicted octanol–water partition coefficient (Wildman–Crippen LogP) is 3.21. The van der Waals surface area contributed by atoms with Gasteiger partial charge in [0.1, 0.15) is 0 Å². The van der Waals surface area contributed by atoms with Gasteiger partial charge in [0.2, 0.25) is 0 Å². The predicted molar refractivity (Wildman–Crippen MR) is 90.6 cm³/mol. The van der Waals surface area contributed by atoms with E-state index < -0.39 is 5.97 Å². The topological polar surface area (TPSA) is 66.4 Å². The summed E-state index contributed by atoms with van der Waals surface area (Å²) in [4.78, 5) is 23.0. The zero-order valence-corrected chi connectivity index (χ0v) is 12.7. The third-order valence-corrected chi connectivity index (χ3v) is 3.29. The number of carbonyl (C=O) groups excluding carboxylic acids is 1. The Morgan fingerprint density at radius 3 is 2.17 bits per heavy atom. The molecule has 0 heterocycles. The van der Waals surface area contributed by atoms with E-state index in [4.69, 9.17) is 5.11 Å². The number of hydrogen-bond acceptors (Lipinski definition) is 2. The molecule has 0 aromatic heterocycles. The molecule has 0 saturated heterocycles. The number of rotatable bonds is 7. The van der Waals surface area contributed by atoms with Crippen molar-refractivity contribution in [2.45, 2.75) is 12.8 Å². The SMILES string of the molecule is O=C(O)CCCNC(=O)C(=Cc1ccccc1)c1ccccc1. The molecule has 0 unspecified atom stereocenters. The van der Waals surface area contributed by atoms with Gasteiger partial charge in [0, 0.05) is 18.5 Å². The van der Waals surface area contributed by atoms with Gasteiger partial charge in [0.05, 0.1) is 0 Å². The van der Waals surface area contributed by atoms with Crippen LogP contribution in [0.5, 0.6) is 0 Å². The Hall–Kier alpha value is -2.88. The van der Waals surface area contributed by atoms with Crippen LogP contribution in [0.15, 0.2) is 60.7 Å². The van der Waals surface area contributed by atoms with Crippen LogP contribution in [0.3, 0.4) is 0 Å². The summed E-state index contributed by atoms with van der Waals surface area (Å²) in [7, 11) is 0. The van der Waals surface area contributed by atoms with Gasteiger partial charge in [-0.1, -0.05) is 60.7 Å². The highest BCUT2D eigenvalue weighted by Crippen LogP contribution is 2.18. The van der Waals surface area contributed by atoms with Crippen molar-refractivity contribution in [1.29, 1.82) is 0 Å². The summed E-state index contributed by atoms with van der Waals surface area (Å²) in [6.07, 6.45) is 2.29. The normalized spacial score (nSPS) is 11.0. The number of amides is 1. The summed E-state index contributed by atoms with van der Waals surface area (Å²) in [6, 6.07) is 19.0. The lowest BCUT2D eigenvalue weighted by atomic mass is 10.0. The Morgan fingerprint density at radius 1 is 0.957 bits per heavy atom. The van der Waals surface area contributed by atoms with Crippen molar-refractivity contribution in [3.63, 3.8) is 0 Å². The van der Waals surface area contributed by atoms with Crippen LogP contribution in [0.1, 0.15) is 24.0 Å². The van der Waals surface area contributed by atoms with Crippen molar-refractivity contribution in [3.8, 4) is 0 Å². The van der Waals surface area contributed by atoms with Gasteiger partial charge in [-0.25, -0.2) is 0 Å². The van der Waals surface area contributed by atoms with Crippen molar-refractivity contribution in [2.75, 3.05) is 6.54 Å². The van der Waals surface area contributed by atoms with Crippen LogP contribution >= 0.6 is 0 Å². The number of hydrogen-bond donors (Lipinski definition) is 2. The first kappa shape index (κ1) is 16.5. The number of carboxylic acids is 1.